The second kappa shape index (κ2) is 5.85. The minimum atomic E-state index is 0.173. The van der Waals surface area contributed by atoms with E-state index in [0.717, 1.165) is 10.8 Å². The van der Waals surface area contributed by atoms with Crippen LogP contribution in [0.15, 0.2) is 30.5 Å². The quantitative estimate of drug-likeness (QED) is 0.739. The molecule has 0 aliphatic rings. The van der Waals surface area contributed by atoms with Gasteiger partial charge in [-0.15, -0.1) is 0 Å². The van der Waals surface area contributed by atoms with Gasteiger partial charge >= 0.3 is 0 Å². The van der Waals surface area contributed by atoms with E-state index >= 15 is 0 Å². The van der Waals surface area contributed by atoms with E-state index in [9.17, 15) is 0 Å². The van der Waals surface area contributed by atoms with Crippen molar-refractivity contribution in [3.63, 3.8) is 0 Å². The number of hydrogen-bond acceptors (Lipinski definition) is 2. The van der Waals surface area contributed by atoms with Gasteiger partial charge in [-0.2, -0.15) is 0 Å². The maximum atomic E-state index is 5.67. The SMILES string of the molecule is CC(C)(C)c1ccc2cnc(N)cc2c1.CCC. The molecule has 2 aromatic rings. The maximum Gasteiger partial charge on any atom is 0.123 e. The monoisotopic (exact) mass is 244 g/mol. The molecule has 0 radical (unpaired) electrons. The van der Waals surface area contributed by atoms with Gasteiger partial charge in [0.05, 0.1) is 0 Å². The number of nitrogen functional groups attached to an aromatic ring is 1. The van der Waals surface area contributed by atoms with Crippen LogP contribution in [0.4, 0.5) is 5.82 Å². The topological polar surface area (TPSA) is 38.9 Å². The molecule has 18 heavy (non-hydrogen) atoms. The molecule has 1 aromatic heterocycles. The first kappa shape index (κ1) is 14.5. The summed E-state index contributed by atoms with van der Waals surface area (Å²) >= 11 is 0. The van der Waals surface area contributed by atoms with Crippen molar-refractivity contribution in [3.8, 4) is 0 Å². The van der Waals surface area contributed by atoms with Crippen LogP contribution in [0.1, 0.15) is 46.6 Å². The van der Waals surface area contributed by atoms with Gasteiger partial charge in [-0.05, 0) is 22.4 Å². The summed E-state index contributed by atoms with van der Waals surface area (Å²) in [6.07, 6.45) is 3.07. The molecule has 1 aromatic carbocycles. The largest absolute Gasteiger partial charge is 0.384 e. The molecule has 0 fully saturated rings. The van der Waals surface area contributed by atoms with E-state index in [-0.39, 0.29) is 5.41 Å². The van der Waals surface area contributed by atoms with Gasteiger partial charge in [0.1, 0.15) is 5.82 Å². The lowest BCUT2D eigenvalue weighted by Crippen LogP contribution is -2.10. The van der Waals surface area contributed by atoms with Crippen LogP contribution < -0.4 is 5.73 Å². The highest BCUT2D eigenvalue weighted by Gasteiger charge is 2.13. The molecular weight excluding hydrogens is 220 g/mol. The van der Waals surface area contributed by atoms with Crippen LogP contribution in [0.3, 0.4) is 0 Å². The van der Waals surface area contributed by atoms with Gasteiger partial charge in [0.2, 0.25) is 0 Å². The molecular formula is C16H24N2. The van der Waals surface area contributed by atoms with E-state index in [4.69, 9.17) is 5.73 Å². The third-order valence-corrected chi connectivity index (χ3v) is 2.61. The van der Waals surface area contributed by atoms with E-state index in [0.29, 0.717) is 5.82 Å². The molecule has 0 atom stereocenters. The lowest BCUT2D eigenvalue weighted by Gasteiger charge is -2.19. The minimum Gasteiger partial charge on any atom is -0.384 e. The zero-order chi connectivity index (χ0) is 13.8. The Labute approximate surface area is 110 Å². The van der Waals surface area contributed by atoms with Crippen molar-refractivity contribution >= 4 is 16.6 Å². The summed E-state index contributed by atoms with van der Waals surface area (Å²) < 4.78 is 0. The predicted octanol–water partition coefficient (Wildman–Crippen LogP) is 4.53. The number of fused-ring (bicyclic) bond motifs is 1. The summed E-state index contributed by atoms with van der Waals surface area (Å²) in [5.41, 5.74) is 7.16. The number of benzene rings is 1. The first-order chi connectivity index (χ1) is 8.38. The highest BCUT2D eigenvalue weighted by molar-refractivity contribution is 5.84. The van der Waals surface area contributed by atoms with E-state index in [1.807, 2.05) is 12.3 Å². The predicted molar refractivity (Wildman–Crippen MR) is 80.8 cm³/mol. The third-order valence-electron chi connectivity index (χ3n) is 2.61. The average molecular weight is 244 g/mol. The van der Waals surface area contributed by atoms with Crippen molar-refractivity contribution in [1.82, 2.24) is 4.98 Å². The molecule has 0 amide bonds. The van der Waals surface area contributed by atoms with Crippen LogP contribution in [0, 0.1) is 0 Å². The van der Waals surface area contributed by atoms with Gasteiger partial charge in [-0.3, -0.25) is 0 Å². The molecule has 1 heterocycles. The van der Waals surface area contributed by atoms with Gasteiger partial charge in [0.15, 0.2) is 0 Å². The van der Waals surface area contributed by atoms with Crippen LogP contribution >= 0.6 is 0 Å². The van der Waals surface area contributed by atoms with Gasteiger partial charge in [-0.25, -0.2) is 4.98 Å². The molecule has 0 spiro atoms. The Morgan fingerprint density at radius 2 is 1.67 bits per heavy atom. The van der Waals surface area contributed by atoms with Crippen molar-refractivity contribution in [2.45, 2.75) is 46.5 Å². The summed E-state index contributed by atoms with van der Waals surface area (Å²) in [5.74, 6) is 0.577. The number of pyridine rings is 1. The third kappa shape index (κ3) is 3.73. The van der Waals surface area contributed by atoms with Crippen molar-refractivity contribution in [2.24, 2.45) is 0 Å². The molecule has 0 saturated heterocycles. The number of anilines is 1. The second-order valence-electron chi connectivity index (χ2n) is 5.63. The Bertz CT molecular complexity index is 510. The van der Waals surface area contributed by atoms with Gasteiger partial charge < -0.3 is 5.73 Å². The maximum absolute atomic E-state index is 5.67. The molecule has 0 aliphatic carbocycles. The number of nitrogens with zero attached hydrogens (tertiary/aromatic N) is 1. The summed E-state index contributed by atoms with van der Waals surface area (Å²) in [4.78, 5) is 4.08. The molecule has 0 aliphatic heterocycles. The molecule has 2 N–H and O–H groups in total. The number of hydrogen-bond donors (Lipinski definition) is 1. The Kier molecular flexibility index (Phi) is 4.71. The van der Waals surface area contributed by atoms with Crippen LogP contribution in [0.5, 0.6) is 0 Å². The lowest BCUT2D eigenvalue weighted by molar-refractivity contribution is 0.591. The normalized spacial score (nSPS) is 10.9. The van der Waals surface area contributed by atoms with Gasteiger partial charge in [0, 0.05) is 11.6 Å². The van der Waals surface area contributed by atoms with E-state index in [1.165, 1.54) is 12.0 Å². The Balaban J connectivity index is 0.000000492. The summed E-state index contributed by atoms with van der Waals surface area (Å²) in [7, 11) is 0. The van der Waals surface area contributed by atoms with Crippen molar-refractivity contribution in [3.05, 3.63) is 36.0 Å². The fraction of sp³-hybridized carbons (Fsp3) is 0.438. The van der Waals surface area contributed by atoms with Gasteiger partial charge in [-0.1, -0.05) is 59.2 Å². The number of nitrogens with two attached hydrogens (primary N) is 1. The molecule has 98 valence electrons. The highest BCUT2D eigenvalue weighted by atomic mass is 14.8. The van der Waals surface area contributed by atoms with E-state index in [1.54, 1.807) is 0 Å². The van der Waals surface area contributed by atoms with Crippen LogP contribution in [-0.2, 0) is 5.41 Å². The van der Waals surface area contributed by atoms with Gasteiger partial charge in [0.25, 0.3) is 0 Å². The molecule has 2 nitrogen and oxygen atoms in total. The zero-order valence-corrected chi connectivity index (χ0v) is 12.1. The highest BCUT2D eigenvalue weighted by Crippen LogP contribution is 2.26. The molecule has 2 rings (SSSR count). The second-order valence-corrected chi connectivity index (χ2v) is 5.63. The summed E-state index contributed by atoms with van der Waals surface area (Å²) in [6.45, 7) is 10.9. The standard InChI is InChI=1S/C13H16N2.C3H8/c1-13(2,3)11-5-4-9-8-15-12(14)7-10(9)6-11;1-3-2/h4-8H,1-3H3,(H2,14,15);3H2,1-2H3. The Hall–Kier alpha value is -1.57. The molecule has 2 heteroatoms. The zero-order valence-electron chi connectivity index (χ0n) is 12.1. The summed E-state index contributed by atoms with van der Waals surface area (Å²) in [6, 6.07) is 8.36. The molecule has 0 unspecified atom stereocenters. The van der Waals surface area contributed by atoms with Crippen molar-refractivity contribution in [1.29, 1.82) is 0 Å². The van der Waals surface area contributed by atoms with E-state index in [2.05, 4.69) is 57.8 Å². The van der Waals surface area contributed by atoms with Crippen molar-refractivity contribution < 1.29 is 0 Å². The van der Waals surface area contributed by atoms with Crippen LogP contribution in [0.2, 0.25) is 0 Å². The fourth-order valence-electron chi connectivity index (χ4n) is 1.62. The first-order valence-electron chi connectivity index (χ1n) is 6.54. The van der Waals surface area contributed by atoms with Crippen LogP contribution in [-0.4, -0.2) is 4.98 Å². The minimum absolute atomic E-state index is 0.173. The lowest BCUT2D eigenvalue weighted by atomic mass is 9.86. The summed E-state index contributed by atoms with van der Waals surface area (Å²) in [5, 5.41) is 2.30. The molecule has 0 saturated carbocycles. The molecule has 0 bridgehead atoms. The Morgan fingerprint density at radius 3 is 2.22 bits per heavy atom. The fourth-order valence-corrected chi connectivity index (χ4v) is 1.62. The van der Waals surface area contributed by atoms with Crippen molar-refractivity contribution in [2.75, 3.05) is 5.73 Å². The van der Waals surface area contributed by atoms with Crippen LogP contribution in [0.25, 0.3) is 10.8 Å². The van der Waals surface area contributed by atoms with E-state index < -0.39 is 0 Å². The number of aromatic nitrogens is 1. The smallest absolute Gasteiger partial charge is 0.123 e. The Morgan fingerprint density at radius 1 is 1.06 bits per heavy atom. The first-order valence-corrected chi connectivity index (χ1v) is 6.54. The average Bonchev–Trinajstić information content (AvgIpc) is 2.28. The number of rotatable bonds is 0.